The lowest BCUT2D eigenvalue weighted by atomic mass is 10.0. The van der Waals surface area contributed by atoms with Crippen molar-refractivity contribution < 1.29 is 14.0 Å². The Morgan fingerprint density at radius 1 is 1.00 bits per heavy atom. The fraction of sp³-hybridized carbons (Fsp3) is 0.310. The zero-order chi connectivity index (χ0) is 25.4. The molecule has 0 heterocycles. The average Bonchev–Trinajstić information content (AvgIpc) is 2.84. The number of halogens is 2. The molecule has 0 spiro atoms. The number of carbonyl (C=O) groups is 2. The van der Waals surface area contributed by atoms with Crippen LogP contribution in [0.25, 0.3) is 0 Å². The number of benzene rings is 3. The molecular weight excluding hydrogens is 463 g/mol. The van der Waals surface area contributed by atoms with E-state index in [2.05, 4.69) is 5.32 Å². The highest BCUT2D eigenvalue weighted by Crippen LogP contribution is 2.23. The first-order valence-electron chi connectivity index (χ1n) is 11.9. The normalized spacial score (nSPS) is 12.6. The molecule has 0 aliphatic rings. The predicted octanol–water partition coefficient (Wildman–Crippen LogP) is 5.88. The second kappa shape index (κ2) is 12.5. The molecule has 0 saturated carbocycles. The van der Waals surface area contributed by atoms with Crippen molar-refractivity contribution in [3.8, 4) is 0 Å². The van der Waals surface area contributed by atoms with Crippen LogP contribution in [0.4, 0.5) is 4.39 Å². The standard InChI is InChI=1S/C29H32ClFN2O2/c1-4-21(3)32-29(35)27(17-22-11-6-5-7-12-22)33(19-23-13-8-10-20(2)16-23)28(34)18-24-25(30)14-9-15-26(24)31/h5-16,21,27H,4,17-19H2,1-3H3,(H,32,35). The van der Waals surface area contributed by atoms with Crippen LogP contribution < -0.4 is 5.32 Å². The van der Waals surface area contributed by atoms with E-state index < -0.39 is 11.9 Å². The van der Waals surface area contributed by atoms with E-state index in [1.165, 1.54) is 12.1 Å². The first-order valence-corrected chi connectivity index (χ1v) is 12.3. The van der Waals surface area contributed by atoms with Crippen molar-refractivity contribution in [2.24, 2.45) is 0 Å². The Labute approximate surface area is 212 Å². The number of hydrogen-bond acceptors (Lipinski definition) is 2. The SMILES string of the molecule is CCC(C)NC(=O)C(Cc1ccccc1)N(Cc1cccc(C)c1)C(=O)Cc1c(F)cccc1Cl. The summed E-state index contributed by atoms with van der Waals surface area (Å²) in [6.07, 6.45) is 0.866. The van der Waals surface area contributed by atoms with Gasteiger partial charge in [-0.3, -0.25) is 9.59 Å². The van der Waals surface area contributed by atoms with E-state index in [4.69, 9.17) is 11.6 Å². The zero-order valence-electron chi connectivity index (χ0n) is 20.4. The van der Waals surface area contributed by atoms with Gasteiger partial charge < -0.3 is 10.2 Å². The highest BCUT2D eigenvalue weighted by atomic mass is 35.5. The zero-order valence-corrected chi connectivity index (χ0v) is 21.2. The van der Waals surface area contributed by atoms with Crippen LogP contribution in [0, 0.1) is 12.7 Å². The molecule has 3 aromatic carbocycles. The molecular formula is C29H32ClFN2O2. The van der Waals surface area contributed by atoms with E-state index in [9.17, 15) is 14.0 Å². The van der Waals surface area contributed by atoms with Crippen LogP contribution >= 0.6 is 11.6 Å². The maximum absolute atomic E-state index is 14.5. The quantitative estimate of drug-likeness (QED) is 0.382. The highest BCUT2D eigenvalue weighted by Gasteiger charge is 2.31. The fourth-order valence-electron chi connectivity index (χ4n) is 3.96. The molecule has 0 aliphatic heterocycles. The average molecular weight is 495 g/mol. The molecule has 2 atom stereocenters. The molecule has 2 unspecified atom stereocenters. The third-order valence-electron chi connectivity index (χ3n) is 6.10. The fourth-order valence-corrected chi connectivity index (χ4v) is 4.19. The van der Waals surface area contributed by atoms with Crippen molar-refractivity contribution in [2.75, 3.05) is 0 Å². The number of carbonyl (C=O) groups excluding carboxylic acids is 2. The van der Waals surface area contributed by atoms with Crippen molar-refractivity contribution in [2.45, 2.75) is 58.7 Å². The largest absolute Gasteiger partial charge is 0.352 e. The summed E-state index contributed by atoms with van der Waals surface area (Å²) in [5, 5.41) is 3.23. The molecule has 0 fully saturated rings. The predicted molar refractivity (Wildman–Crippen MR) is 139 cm³/mol. The van der Waals surface area contributed by atoms with Crippen molar-refractivity contribution in [1.82, 2.24) is 10.2 Å². The lowest BCUT2D eigenvalue weighted by Crippen LogP contribution is -2.52. The number of rotatable bonds is 10. The number of aryl methyl sites for hydroxylation is 1. The van der Waals surface area contributed by atoms with Crippen molar-refractivity contribution in [3.63, 3.8) is 0 Å². The minimum absolute atomic E-state index is 0.0438. The molecule has 4 nitrogen and oxygen atoms in total. The summed E-state index contributed by atoms with van der Waals surface area (Å²) in [5.41, 5.74) is 3.01. The lowest BCUT2D eigenvalue weighted by molar-refractivity contribution is -0.141. The van der Waals surface area contributed by atoms with Gasteiger partial charge in [0.25, 0.3) is 0 Å². The summed E-state index contributed by atoms with van der Waals surface area (Å²) in [6.45, 7) is 6.13. The molecule has 2 amide bonds. The Morgan fingerprint density at radius 3 is 2.34 bits per heavy atom. The van der Waals surface area contributed by atoms with E-state index in [1.54, 1.807) is 11.0 Å². The Hall–Kier alpha value is -3.18. The lowest BCUT2D eigenvalue weighted by Gasteiger charge is -2.32. The van der Waals surface area contributed by atoms with Crippen molar-refractivity contribution in [3.05, 3.63) is 106 Å². The Morgan fingerprint density at radius 2 is 1.69 bits per heavy atom. The molecule has 35 heavy (non-hydrogen) atoms. The molecule has 6 heteroatoms. The van der Waals surface area contributed by atoms with E-state index in [0.29, 0.717) is 6.42 Å². The summed E-state index contributed by atoms with van der Waals surface area (Å²) in [6, 6.07) is 21.0. The minimum atomic E-state index is -0.773. The molecule has 0 aromatic heterocycles. The van der Waals surface area contributed by atoms with Crippen LogP contribution in [0.3, 0.4) is 0 Å². The van der Waals surface area contributed by atoms with E-state index in [-0.39, 0.29) is 41.4 Å². The highest BCUT2D eigenvalue weighted by molar-refractivity contribution is 6.31. The second-order valence-electron chi connectivity index (χ2n) is 8.91. The van der Waals surface area contributed by atoms with Crippen molar-refractivity contribution in [1.29, 1.82) is 0 Å². The van der Waals surface area contributed by atoms with Crippen LogP contribution in [0.2, 0.25) is 5.02 Å². The Kier molecular flexibility index (Phi) is 9.44. The van der Waals surface area contributed by atoms with Gasteiger partial charge in [0.15, 0.2) is 0 Å². The van der Waals surface area contributed by atoms with Gasteiger partial charge in [0.2, 0.25) is 11.8 Å². The molecule has 184 valence electrons. The van der Waals surface area contributed by atoms with E-state index in [0.717, 1.165) is 23.1 Å². The molecule has 0 bridgehead atoms. The van der Waals surface area contributed by atoms with Crippen molar-refractivity contribution >= 4 is 23.4 Å². The minimum Gasteiger partial charge on any atom is -0.352 e. The Bertz CT molecular complexity index is 1130. The first kappa shape index (κ1) is 26.4. The summed E-state index contributed by atoms with van der Waals surface area (Å²) in [7, 11) is 0. The summed E-state index contributed by atoms with van der Waals surface area (Å²) in [4.78, 5) is 28.8. The third-order valence-corrected chi connectivity index (χ3v) is 6.45. The van der Waals surface area contributed by atoms with Gasteiger partial charge in [-0.1, -0.05) is 84.8 Å². The van der Waals surface area contributed by atoms with Crippen LogP contribution in [-0.2, 0) is 29.0 Å². The number of nitrogens with one attached hydrogen (secondary N) is 1. The van der Waals surface area contributed by atoms with E-state index >= 15 is 0 Å². The molecule has 1 N–H and O–H groups in total. The van der Waals surface area contributed by atoms with Gasteiger partial charge in [-0.2, -0.15) is 0 Å². The molecule has 0 aliphatic carbocycles. The van der Waals surface area contributed by atoms with Gasteiger partial charge in [-0.05, 0) is 43.5 Å². The third kappa shape index (κ3) is 7.40. The summed E-state index contributed by atoms with van der Waals surface area (Å²) in [5.74, 6) is -1.13. The topological polar surface area (TPSA) is 49.4 Å². The van der Waals surface area contributed by atoms with Gasteiger partial charge in [-0.15, -0.1) is 0 Å². The summed E-state index contributed by atoms with van der Waals surface area (Å²) < 4.78 is 14.5. The Balaban J connectivity index is 2.01. The van der Waals surface area contributed by atoms with Gasteiger partial charge in [0.1, 0.15) is 11.9 Å². The van der Waals surface area contributed by atoms with Gasteiger partial charge in [0.05, 0.1) is 6.42 Å². The van der Waals surface area contributed by atoms with Gasteiger partial charge in [0, 0.05) is 29.6 Å². The maximum Gasteiger partial charge on any atom is 0.243 e. The first-order chi connectivity index (χ1) is 16.8. The van der Waals surface area contributed by atoms with Crippen LogP contribution in [0.1, 0.15) is 42.5 Å². The van der Waals surface area contributed by atoms with Crippen LogP contribution in [0.15, 0.2) is 72.8 Å². The van der Waals surface area contributed by atoms with Crippen LogP contribution in [0.5, 0.6) is 0 Å². The van der Waals surface area contributed by atoms with Gasteiger partial charge in [-0.25, -0.2) is 4.39 Å². The molecule has 0 radical (unpaired) electrons. The maximum atomic E-state index is 14.5. The summed E-state index contributed by atoms with van der Waals surface area (Å²) >= 11 is 6.23. The molecule has 3 aromatic rings. The monoisotopic (exact) mass is 494 g/mol. The van der Waals surface area contributed by atoms with Gasteiger partial charge >= 0.3 is 0 Å². The smallest absolute Gasteiger partial charge is 0.243 e. The number of hydrogen-bond donors (Lipinski definition) is 1. The van der Waals surface area contributed by atoms with Crippen LogP contribution in [-0.4, -0.2) is 28.8 Å². The second-order valence-corrected chi connectivity index (χ2v) is 9.32. The molecule has 0 saturated heterocycles. The number of nitrogens with zero attached hydrogens (tertiary/aromatic N) is 1. The molecule has 3 rings (SSSR count). The van der Waals surface area contributed by atoms with E-state index in [1.807, 2.05) is 75.4 Å². The number of amides is 2.